The third-order valence-electron chi connectivity index (χ3n) is 4.74. The monoisotopic (exact) mass is 259 g/mol. The van der Waals surface area contributed by atoms with Gasteiger partial charge in [-0.1, -0.05) is 38.5 Å². The predicted octanol–water partition coefficient (Wildman–Crippen LogP) is 3.57. The minimum atomic E-state index is 0.177. The van der Waals surface area contributed by atoms with Crippen molar-refractivity contribution in [1.29, 1.82) is 0 Å². The summed E-state index contributed by atoms with van der Waals surface area (Å²) in [6.07, 6.45) is 4.31. The molecule has 1 aliphatic rings. The summed E-state index contributed by atoms with van der Waals surface area (Å²) in [5.74, 6) is 0.992. The summed E-state index contributed by atoms with van der Waals surface area (Å²) >= 11 is 0. The summed E-state index contributed by atoms with van der Waals surface area (Å²) in [7, 11) is 0. The normalized spacial score (nSPS) is 25.4. The number of benzene rings is 1. The highest BCUT2D eigenvalue weighted by Crippen LogP contribution is 2.43. The molecule has 0 radical (unpaired) electrons. The minimum absolute atomic E-state index is 0.177. The maximum atomic E-state index is 9.78. The molecular weight excluding hydrogens is 234 g/mol. The number of hydrogen-bond donors (Lipinski definition) is 1. The van der Waals surface area contributed by atoms with Crippen molar-refractivity contribution < 1.29 is 5.11 Å². The van der Waals surface area contributed by atoms with E-state index in [2.05, 4.69) is 31.4 Å². The molecule has 0 bridgehead atoms. The van der Waals surface area contributed by atoms with Crippen molar-refractivity contribution in [3.05, 3.63) is 42.5 Å². The second-order valence-electron chi connectivity index (χ2n) is 5.79. The van der Waals surface area contributed by atoms with Gasteiger partial charge < -0.3 is 5.11 Å². The van der Waals surface area contributed by atoms with Crippen molar-refractivity contribution in [3.8, 4) is 5.75 Å². The van der Waals surface area contributed by atoms with Crippen LogP contribution in [-0.2, 0) is 5.41 Å². The lowest BCUT2D eigenvalue weighted by Gasteiger charge is -2.36. The number of nitrogens with zero attached hydrogens (tertiary/aromatic N) is 1. The molecule has 1 fully saturated rings. The molecule has 0 aromatic heterocycles. The van der Waals surface area contributed by atoms with Gasteiger partial charge in [0.1, 0.15) is 5.75 Å². The summed E-state index contributed by atoms with van der Waals surface area (Å²) in [6.45, 7) is 11.6. The maximum Gasteiger partial charge on any atom is 0.115 e. The molecule has 2 heteroatoms. The van der Waals surface area contributed by atoms with Crippen LogP contribution < -0.4 is 0 Å². The Morgan fingerprint density at radius 1 is 1.53 bits per heavy atom. The van der Waals surface area contributed by atoms with Crippen LogP contribution in [0.5, 0.6) is 5.75 Å². The van der Waals surface area contributed by atoms with Crippen molar-refractivity contribution in [1.82, 2.24) is 4.90 Å². The molecule has 104 valence electrons. The van der Waals surface area contributed by atoms with Crippen molar-refractivity contribution >= 4 is 0 Å². The van der Waals surface area contributed by atoms with Gasteiger partial charge in [0, 0.05) is 18.5 Å². The fourth-order valence-corrected chi connectivity index (χ4v) is 3.38. The SMILES string of the molecule is C=CCN1CC[C@@](c2cccc(O)c2)([C@H](C)CC)C1. The molecule has 1 saturated heterocycles. The molecule has 19 heavy (non-hydrogen) atoms. The topological polar surface area (TPSA) is 23.5 Å². The molecule has 1 aromatic carbocycles. The average Bonchev–Trinajstić information content (AvgIpc) is 2.84. The zero-order valence-corrected chi connectivity index (χ0v) is 12.1. The number of hydrogen-bond acceptors (Lipinski definition) is 2. The lowest BCUT2D eigenvalue weighted by Crippen LogP contribution is -2.37. The molecule has 0 saturated carbocycles. The molecule has 1 aromatic rings. The summed E-state index contributed by atoms with van der Waals surface area (Å²) < 4.78 is 0. The van der Waals surface area contributed by atoms with Crippen LogP contribution in [-0.4, -0.2) is 29.6 Å². The van der Waals surface area contributed by atoms with Crippen LogP contribution in [0.15, 0.2) is 36.9 Å². The Balaban J connectivity index is 2.34. The molecule has 1 aliphatic heterocycles. The lowest BCUT2D eigenvalue weighted by molar-refractivity contribution is 0.263. The van der Waals surface area contributed by atoms with Gasteiger partial charge in [-0.2, -0.15) is 0 Å². The Labute approximate surface area is 116 Å². The Hall–Kier alpha value is -1.28. The highest BCUT2D eigenvalue weighted by atomic mass is 16.3. The van der Waals surface area contributed by atoms with Crippen molar-refractivity contribution in [2.24, 2.45) is 5.92 Å². The number of phenols is 1. The zero-order valence-electron chi connectivity index (χ0n) is 12.1. The lowest BCUT2D eigenvalue weighted by atomic mass is 9.69. The van der Waals surface area contributed by atoms with E-state index in [1.807, 2.05) is 18.2 Å². The largest absolute Gasteiger partial charge is 0.508 e. The summed E-state index contributed by atoms with van der Waals surface area (Å²) in [6, 6.07) is 7.84. The van der Waals surface area contributed by atoms with Gasteiger partial charge in [0.2, 0.25) is 0 Å². The van der Waals surface area contributed by atoms with Crippen molar-refractivity contribution in [3.63, 3.8) is 0 Å². The average molecular weight is 259 g/mol. The van der Waals surface area contributed by atoms with E-state index in [1.165, 1.54) is 12.0 Å². The molecule has 1 N–H and O–H groups in total. The first-order valence-corrected chi connectivity index (χ1v) is 7.25. The molecule has 0 unspecified atom stereocenters. The van der Waals surface area contributed by atoms with Gasteiger partial charge in [0.05, 0.1) is 0 Å². The third kappa shape index (κ3) is 2.69. The fraction of sp³-hybridized carbons (Fsp3) is 0.529. The highest BCUT2D eigenvalue weighted by molar-refractivity contribution is 5.35. The number of aromatic hydroxyl groups is 1. The standard InChI is InChI=1S/C17H25NO/c1-4-10-18-11-9-17(13-18,14(3)5-2)15-7-6-8-16(19)12-15/h4,6-8,12,14,19H,1,5,9-11,13H2,2-3H3/t14-,17+/m1/s1. The quantitative estimate of drug-likeness (QED) is 0.817. The third-order valence-corrected chi connectivity index (χ3v) is 4.74. The van der Waals surface area contributed by atoms with Gasteiger partial charge >= 0.3 is 0 Å². The van der Waals surface area contributed by atoms with Gasteiger partial charge in [-0.3, -0.25) is 4.90 Å². The number of phenolic OH excluding ortho intramolecular Hbond substituents is 1. The van der Waals surface area contributed by atoms with E-state index in [-0.39, 0.29) is 5.41 Å². The van der Waals surface area contributed by atoms with Crippen LogP contribution in [0.25, 0.3) is 0 Å². The Morgan fingerprint density at radius 2 is 2.32 bits per heavy atom. The number of rotatable bonds is 5. The van der Waals surface area contributed by atoms with Crippen LogP contribution >= 0.6 is 0 Å². The second kappa shape index (κ2) is 5.79. The maximum absolute atomic E-state index is 9.78. The first-order chi connectivity index (χ1) is 9.12. The van der Waals surface area contributed by atoms with Gasteiger partial charge in [0.15, 0.2) is 0 Å². The molecule has 0 aliphatic carbocycles. The van der Waals surface area contributed by atoms with Gasteiger partial charge in [0.25, 0.3) is 0 Å². The van der Waals surface area contributed by atoms with Crippen LogP contribution in [0.2, 0.25) is 0 Å². The molecule has 2 atom stereocenters. The first-order valence-electron chi connectivity index (χ1n) is 7.25. The second-order valence-corrected chi connectivity index (χ2v) is 5.79. The van der Waals surface area contributed by atoms with Crippen molar-refractivity contribution in [2.45, 2.75) is 32.1 Å². The Bertz CT molecular complexity index is 443. The predicted molar refractivity (Wildman–Crippen MR) is 80.5 cm³/mol. The van der Waals surface area contributed by atoms with Crippen LogP contribution in [0.3, 0.4) is 0 Å². The van der Waals surface area contributed by atoms with E-state index in [9.17, 15) is 5.11 Å². The van der Waals surface area contributed by atoms with E-state index < -0.39 is 0 Å². The zero-order chi connectivity index (χ0) is 13.9. The molecule has 2 rings (SSSR count). The van der Waals surface area contributed by atoms with Gasteiger partial charge in [-0.15, -0.1) is 6.58 Å². The molecule has 2 nitrogen and oxygen atoms in total. The molecule has 1 heterocycles. The summed E-state index contributed by atoms with van der Waals surface area (Å²) in [5, 5.41) is 9.78. The van der Waals surface area contributed by atoms with E-state index >= 15 is 0 Å². The minimum Gasteiger partial charge on any atom is -0.508 e. The molecule has 0 amide bonds. The first kappa shape index (κ1) is 14.1. The van der Waals surface area contributed by atoms with Gasteiger partial charge in [-0.25, -0.2) is 0 Å². The molecular formula is C17H25NO. The van der Waals surface area contributed by atoms with E-state index in [1.54, 1.807) is 6.07 Å². The van der Waals surface area contributed by atoms with Gasteiger partial charge in [-0.05, 0) is 36.6 Å². The van der Waals surface area contributed by atoms with E-state index in [4.69, 9.17) is 0 Å². The Kier molecular flexibility index (Phi) is 4.31. The van der Waals surface area contributed by atoms with Crippen molar-refractivity contribution in [2.75, 3.05) is 19.6 Å². The smallest absolute Gasteiger partial charge is 0.115 e. The summed E-state index contributed by atoms with van der Waals surface area (Å²) in [4.78, 5) is 2.46. The summed E-state index contributed by atoms with van der Waals surface area (Å²) in [5.41, 5.74) is 1.46. The van der Waals surface area contributed by atoms with Crippen LogP contribution in [0.1, 0.15) is 32.3 Å². The van der Waals surface area contributed by atoms with E-state index in [0.29, 0.717) is 11.7 Å². The van der Waals surface area contributed by atoms with E-state index in [0.717, 1.165) is 26.1 Å². The highest BCUT2D eigenvalue weighted by Gasteiger charge is 2.42. The fourth-order valence-electron chi connectivity index (χ4n) is 3.38. The number of likely N-dealkylation sites (tertiary alicyclic amines) is 1. The van der Waals surface area contributed by atoms with Crippen LogP contribution in [0, 0.1) is 5.92 Å². The van der Waals surface area contributed by atoms with Crippen LogP contribution in [0.4, 0.5) is 0 Å². The molecule has 0 spiro atoms. The Morgan fingerprint density at radius 3 is 2.95 bits per heavy atom.